The van der Waals surface area contributed by atoms with Crippen molar-refractivity contribution in [2.45, 2.75) is 46.0 Å². The van der Waals surface area contributed by atoms with Crippen molar-refractivity contribution >= 4 is 16.5 Å². The van der Waals surface area contributed by atoms with Crippen LogP contribution in [0, 0.1) is 5.82 Å². The third-order valence-electron chi connectivity index (χ3n) is 5.19. The normalized spacial score (nSPS) is 16.7. The molecular weight excluding hydrogens is 323 g/mol. The molecule has 26 heavy (non-hydrogen) atoms. The minimum absolute atomic E-state index is 0.146. The zero-order chi connectivity index (χ0) is 18.7. The standard InChI is InChI=1S/C23H29FN2/c1-5-7-17(12-15(3)4)22-19(6-2)20-13-18(14-21(24)23(20)26-22)16-8-10-25-11-9-16/h5,7,12-14,16,25-26H,3,6,8-11H2,1-2,4H3/b7-5-,17-12+. The largest absolute Gasteiger partial charge is 0.352 e. The van der Waals surface area contributed by atoms with E-state index in [-0.39, 0.29) is 5.82 Å². The van der Waals surface area contributed by atoms with Crippen LogP contribution in [0.15, 0.2) is 42.5 Å². The fourth-order valence-electron chi connectivity index (χ4n) is 3.98. The van der Waals surface area contributed by atoms with Crippen LogP contribution >= 0.6 is 0 Å². The van der Waals surface area contributed by atoms with Crippen molar-refractivity contribution in [2.24, 2.45) is 0 Å². The van der Waals surface area contributed by atoms with Crippen LogP contribution < -0.4 is 5.32 Å². The van der Waals surface area contributed by atoms with E-state index in [0.717, 1.165) is 60.1 Å². The fraction of sp³-hybridized carbons (Fsp3) is 0.391. The lowest BCUT2D eigenvalue weighted by Crippen LogP contribution is -2.26. The molecule has 2 heterocycles. The Bertz CT molecular complexity index is 864. The molecule has 1 aliphatic heterocycles. The van der Waals surface area contributed by atoms with E-state index in [9.17, 15) is 4.39 Å². The van der Waals surface area contributed by atoms with Gasteiger partial charge in [0, 0.05) is 11.1 Å². The monoisotopic (exact) mass is 352 g/mol. The molecule has 0 bridgehead atoms. The number of rotatable bonds is 5. The minimum atomic E-state index is -0.146. The molecule has 0 atom stereocenters. The lowest BCUT2D eigenvalue weighted by molar-refractivity contribution is 0.459. The van der Waals surface area contributed by atoms with Crippen LogP contribution in [0.5, 0.6) is 0 Å². The van der Waals surface area contributed by atoms with Gasteiger partial charge in [0.2, 0.25) is 0 Å². The van der Waals surface area contributed by atoms with Gasteiger partial charge in [0.05, 0.1) is 5.52 Å². The topological polar surface area (TPSA) is 27.8 Å². The van der Waals surface area contributed by atoms with Gasteiger partial charge in [0.1, 0.15) is 5.82 Å². The Hall–Kier alpha value is -2.13. The second-order valence-electron chi connectivity index (χ2n) is 7.23. The number of hydrogen-bond donors (Lipinski definition) is 2. The molecule has 1 aromatic carbocycles. The number of halogens is 1. The third-order valence-corrected chi connectivity index (χ3v) is 5.19. The van der Waals surface area contributed by atoms with Crippen molar-refractivity contribution in [3.05, 3.63) is 65.2 Å². The van der Waals surface area contributed by atoms with Crippen molar-refractivity contribution in [1.82, 2.24) is 10.3 Å². The number of hydrogen-bond acceptors (Lipinski definition) is 1. The van der Waals surface area contributed by atoms with E-state index in [1.165, 1.54) is 5.56 Å². The second-order valence-corrected chi connectivity index (χ2v) is 7.23. The lowest BCUT2D eigenvalue weighted by Gasteiger charge is -2.23. The Morgan fingerprint density at radius 3 is 2.65 bits per heavy atom. The number of aromatic nitrogens is 1. The van der Waals surface area contributed by atoms with Crippen molar-refractivity contribution in [3.8, 4) is 0 Å². The SMILES string of the molecule is C=C(C)/C=C(\C=C/C)c1[nH]c2c(F)cc(C3CCNCC3)cc2c1CC. The molecule has 0 radical (unpaired) electrons. The third kappa shape index (κ3) is 3.68. The summed E-state index contributed by atoms with van der Waals surface area (Å²) in [6.45, 7) is 12.1. The van der Waals surface area contributed by atoms with Gasteiger partial charge >= 0.3 is 0 Å². The number of piperidine rings is 1. The van der Waals surface area contributed by atoms with Crippen LogP contribution in [0.3, 0.4) is 0 Å². The van der Waals surface area contributed by atoms with Crippen molar-refractivity contribution in [1.29, 1.82) is 0 Å². The molecule has 0 spiro atoms. The van der Waals surface area contributed by atoms with Crippen LogP contribution in [-0.2, 0) is 6.42 Å². The van der Waals surface area contributed by atoms with Gasteiger partial charge in [-0.3, -0.25) is 0 Å². The van der Waals surface area contributed by atoms with E-state index in [2.05, 4.69) is 42.0 Å². The summed E-state index contributed by atoms with van der Waals surface area (Å²) in [5.41, 5.74) is 5.97. The molecule has 3 rings (SSSR count). The molecule has 138 valence electrons. The number of benzene rings is 1. The summed E-state index contributed by atoms with van der Waals surface area (Å²) in [4.78, 5) is 3.36. The zero-order valence-corrected chi connectivity index (χ0v) is 16.1. The molecule has 0 unspecified atom stereocenters. The summed E-state index contributed by atoms with van der Waals surface area (Å²) in [5, 5.41) is 4.41. The Labute approximate surface area is 155 Å². The van der Waals surface area contributed by atoms with Crippen molar-refractivity contribution in [3.63, 3.8) is 0 Å². The first-order valence-electron chi connectivity index (χ1n) is 9.60. The molecule has 1 saturated heterocycles. The average molecular weight is 352 g/mol. The predicted octanol–water partition coefficient (Wildman–Crippen LogP) is 5.87. The van der Waals surface area contributed by atoms with Gasteiger partial charge in [0.15, 0.2) is 0 Å². The summed E-state index contributed by atoms with van der Waals surface area (Å²) in [5.74, 6) is 0.298. The maximum atomic E-state index is 14.9. The number of aryl methyl sites for hydroxylation is 1. The molecule has 0 saturated carbocycles. The van der Waals surface area contributed by atoms with Crippen LogP contribution in [-0.4, -0.2) is 18.1 Å². The molecule has 1 fully saturated rings. The smallest absolute Gasteiger partial charge is 0.147 e. The van der Waals surface area contributed by atoms with E-state index in [0.29, 0.717) is 11.4 Å². The number of fused-ring (bicyclic) bond motifs is 1. The lowest BCUT2D eigenvalue weighted by atomic mass is 9.89. The fourth-order valence-corrected chi connectivity index (χ4v) is 3.98. The van der Waals surface area contributed by atoms with Gasteiger partial charge in [-0.1, -0.05) is 37.3 Å². The van der Waals surface area contributed by atoms with Gasteiger partial charge in [-0.25, -0.2) is 4.39 Å². The van der Waals surface area contributed by atoms with Crippen LogP contribution in [0.4, 0.5) is 4.39 Å². The molecule has 2 nitrogen and oxygen atoms in total. The van der Waals surface area contributed by atoms with Crippen molar-refractivity contribution in [2.75, 3.05) is 13.1 Å². The Morgan fingerprint density at radius 1 is 1.31 bits per heavy atom. The highest BCUT2D eigenvalue weighted by atomic mass is 19.1. The molecule has 2 N–H and O–H groups in total. The van der Waals surface area contributed by atoms with E-state index >= 15 is 0 Å². The van der Waals surface area contributed by atoms with Gasteiger partial charge in [-0.05, 0) is 81.0 Å². The number of nitrogens with one attached hydrogen (secondary N) is 2. The first-order valence-corrected chi connectivity index (χ1v) is 9.60. The number of allylic oxidation sites excluding steroid dienone is 5. The van der Waals surface area contributed by atoms with Crippen molar-refractivity contribution < 1.29 is 4.39 Å². The maximum absolute atomic E-state index is 14.9. The molecule has 1 aliphatic rings. The maximum Gasteiger partial charge on any atom is 0.147 e. The summed E-state index contributed by atoms with van der Waals surface area (Å²) in [6, 6.07) is 3.94. The van der Waals surface area contributed by atoms with E-state index in [4.69, 9.17) is 0 Å². The van der Waals surface area contributed by atoms with Gasteiger partial charge < -0.3 is 10.3 Å². The predicted molar refractivity (Wildman–Crippen MR) is 110 cm³/mol. The zero-order valence-electron chi connectivity index (χ0n) is 16.1. The van der Waals surface area contributed by atoms with E-state index in [1.807, 2.05) is 19.9 Å². The molecular formula is C23H29FN2. The average Bonchev–Trinajstić information content (AvgIpc) is 3.01. The molecule has 1 aromatic heterocycles. The van der Waals surface area contributed by atoms with E-state index in [1.54, 1.807) is 6.07 Å². The summed E-state index contributed by atoms with van der Waals surface area (Å²) >= 11 is 0. The summed E-state index contributed by atoms with van der Waals surface area (Å²) in [6.07, 6.45) is 9.12. The van der Waals surface area contributed by atoms with Crippen LogP contribution in [0.1, 0.15) is 56.4 Å². The Morgan fingerprint density at radius 2 is 2.04 bits per heavy atom. The van der Waals surface area contributed by atoms with Gasteiger partial charge in [-0.15, -0.1) is 0 Å². The first kappa shape index (κ1) is 18.7. The van der Waals surface area contributed by atoms with Crippen LogP contribution in [0.2, 0.25) is 0 Å². The first-order chi connectivity index (χ1) is 12.5. The minimum Gasteiger partial charge on any atom is -0.352 e. The number of H-pyrrole nitrogens is 1. The summed E-state index contributed by atoms with van der Waals surface area (Å²) in [7, 11) is 0. The van der Waals surface area contributed by atoms with E-state index < -0.39 is 0 Å². The Kier molecular flexibility index (Phi) is 5.77. The Balaban J connectivity index is 2.17. The highest BCUT2D eigenvalue weighted by molar-refractivity contribution is 5.92. The van der Waals surface area contributed by atoms with Crippen LogP contribution in [0.25, 0.3) is 16.5 Å². The molecule has 3 heteroatoms. The number of aromatic amines is 1. The highest BCUT2D eigenvalue weighted by Gasteiger charge is 2.20. The molecule has 0 amide bonds. The molecule has 2 aromatic rings. The second kappa shape index (κ2) is 8.05. The summed E-state index contributed by atoms with van der Waals surface area (Å²) < 4.78 is 14.9. The van der Waals surface area contributed by atoms with Gasteiger partial charge in [-0.2, -0.15) is 0 Å². The molecule has 0 aliphatic carbocycles. The van der Waals surface area contributed by atoms with Gasteiger partial charge in [0.25, 0.3) is 0 Å². The highest BCUT2D eigenvalue weighted by Crippen LogP contribution is 2.35. The quantitative estimate of drug-likeness (QED) is 0.647.